The molecule has 0 heterocycles. The largest absolute Gasteiger partial charge is 3.00 e. The van der Waals surface area contributed by atoms with Crippen LogP contribution in [0.15, 0.2) is 53.2 Å². The number of hydrogen-bond donors (Lipinski definition) is 0. The van der Waals surface area contributed by atoms with E-state index in [1.165, 1.54) is 16.7 Å². The summed E-state index contributed by atoms with van der Waals surface area (Å²) < 4.78 is 0. The van der Waals surface area contributed by atoms with Crippen molar-refractivity contribution in [2.24, 2.45) is 0 Å². The Labute approximate surface area is 178 Å². The Morgan fingerprint density at radius 3 is 1.00 bits per heavy atom. The molecule has 0 aromatic heterocycles. The van der Waals surface area contributed by atoms with Crippen LogP contribution in [0.2, 0.25) is 0 Å². The second-order valence-corrected chi connectivity index (χ2v) is 4.99. The molecule has 0 fully saturated rings. The first-order chi connectivity index (χ1) is 10.3. The molecular formula is C21H27Eu. The summed E-state index contributed by atoms with van der Waals surface area (Å²) in [6.45, 7) is 6.45. The Kier molecular flexibility index (Phi) is 14.6. The van der Waals surface area contributed by atoms with Gasteiger partial charge in [-0.05, 0) is 0 Å². The van der Waals surface area contributed by atoms with Crippen molar-refractivity contribution in [2.75, 3.05) is 0 Å². The summed E-state index contributed by atoms with van der Waals surface area (Å²) in [4.78, 5) is 0. The summed E-state index contributed by atoms with van der Waals surface area (Å²) in [5.74, 6) is 0. The van der Waals surface area contributed by atoms with Gasteiger partial charge in [-0.2, -0.15) is 18.2 Å². The summed E-state index contributed by atoms with van der Waals surface area (Å²) in [6, 6.07) is 0. The molecule has 0 aromatic rings. The van der Waals surface area contributed by atoms with E-state index < -0.39 is 0 Å². The third kappa shape index (κ3) is 9.92. The van der Waals surface area contributed by atoms with Gasteiger partial charge in [0, 0.05) is 0 Å². The average Bonchev–Trinajstić information content (AvgIpc) is 3.31. The van der Waals surface area contributed by atoms with Gasteiger partial charge in [0.15, 0.2) is 0 Å². The van der Waals surface area contributed by atoms with E-state index in [1.54, 1.807) is 0 Å². The Morgan fingerprint density at radius 2 is 0.909 bits per heavy atom. The molecule has 0 saturated carbocycles. The quantitative estimate of drug-likeness (QED) is 0.463. The fraction of sp³-hybridized carbons (Fsp3) is 0.429. The van der Waals surface area contributed by atoms with Crippen molar-refractivity contribution in [3.8, 4) is 0 Å². The molecule has 22 heavy (non-hydrogen) atoms. The first kappa shape index (κ1) is 22.0. The Morgan fingerprint density at radius 1 is 0.636 bits per heavy atom. The SMILES string of the molecule is CCC1=[C-]CC=C1.CCC1=[C-]CC=C1.CCC1=[C-]CC=C1.[Eu+3]. The van der Waals surface area contributed by atoms with Crippen LogP contribution in [0.1, 0.15) is 59.3 Å². The van der Waals surface area contributed by atoms with Gasteiger partial charge in [0.1, 0.15) is 0 Å². The molecule has 1 heteroatoms. The van der Waals surface area contributed by atoms with Crippen molar-refractivity contribution >= 4 is 0 Å². The molecule has 3 rings (SSSR count). The first-order valence-corrected chi connectivity index (χ1v) is 8.08. The standard InChI is InChI=1S/3C7H9.Eu/c3*1-2-7-5-3-4-6-7;/h3*3,5H,2,4H2,1H3;/q3*-1;+3. The molecule has 0 unspecified atom stereocenters. The zero-order valence-corrected chi connectivity index (χ0v) is 16.5. The van der Waals surface area contributed by atoms with Gasteiger partial charge in [-0.15, -0.1) is 19.3 Å². The van der Waals surface area contributed by atoms with Crippen LogP contribution in [-0.2, 0) is 0 Å². The maximum absolute atomic E-state index is 3.21. The second-order valence-electron chi connectivity index (χ2n) is 4.99. The van der Waals surface area contributed by atoms with Crippen LogP contribution in [-0.4, -0.2) is 0 Å². The molecule has 0 saturated heterocycles. The Hall–Kier alpha value is 0.0244. The number of rotatable bonds is 3. The van der Waals surface area contributed by atoms with Gasteiger partial charge in [0.05, 0.1) is 0 Å². The molecule has 3 aliphatic carbocycles. The van der Waals surface area contributed by atoms with Gasteiger partial charge in [-0.3, -0.25) is 18.2 Å². The van der Waals surface area contributed by atoms with Crippen LogP contribution < -0.4 is 0 Å². The van der Waals surface area contributed by atoms with Crippen molar-refractivity contribution in [3.63, 3.8) is 0 Å². The van der Waals surface area contributed by atoms with Crippen LogP contribution in [0.25, 0.3) is 0 Å². The van der Waals surface area contributed by atoms with Crippen molar-refractivity contribution < 1.29 is 49.4 Å². The molecule has 0 bridgehead atoms. The molecule has 0 atom stereocenters. The molecule has 0 N–H and O–H groups in total. The van der Waals surface area contributed by atoms with E-state index in [2.05, 4.69) is 75.5 Å². The van der Waals surface area contributed by atoms with Gasteiger partial charge in [-0.25, -0.2) is 34.9 Å². The molecule has 0 spiro atoms. The van der Waals surface area contributed by atoms with E-state index in [9.17, 15) is 0 Å². The van der Waals surface area contributed by atoms with Crippen LogP contribution >= 0.6 is 0 Å². The summed E-state index contributed by atoms with van der Waals surface area (Å²) in [7, 11) is 0. The Bertz CT molecular complexity index is 399. The van der Waals surface area contributed by atoms with Crippen molar-refractivity contribution in [2.45, 2.75) is 59.3 Å². The summed E-state index contributed by atoms with van der Waals surface area (Å²) in [5.41, 5.74) is 4.08. The van der Waals surface area contributed by atoms with E-state index in [-0.39, 0.29) is 49.4 Å². The van der Waals surface area contributed by atoms with E-state index >= 15 is 0 Å². The predicted molar refractivity (Wildman–Crippen MR) is 92.4 cm³/mol. The fourth-order valence-corrected chi connectivity index (χ4v) is 2.08. The van der Waals surface area contributed by atoms with Crippen molar-refractivity contribution in [1.82, 2.24) is 0 Å². The van der Waals surface area contributed by atoms with Crippen molar-refractivity contribution in [1.29, 1.82) is 0 Å². The summed E-state index contributed by atoms with van der Waals surface area (Å²) in [5, 5.41) is 0. The third-order valence-corrected chi connectivity index (χ3v) is 3.44. The minimum Gasteiger partial charge on any atom is -0.270 e. The smallest absolute Gasteiger partial charge is 0.270 e. The molecular weight excluding hydrogens is 404 g/mol. The van der Waals surface area contributed by atoms with Crippen LogP contribution in [0, 0.1) is 67.6 Å². The molecule has 3 aliphatic rings. The van der Waals surface area contributed by atoms with Gasteiger partial charge in [0.2, 0.25) is 0 Å². The molecule has 0 nitrogen and oxygen atoms in total. The fourth-order valence-electron chi connectivity index (χ4n) is 2.08. The topological polar surface area (TPSA) is 0 Å². The maximum Gasteiger partial charge on any atom is 3.00 e. The molecule has 0 aliphatic heterocycles. The summed E-state index contributed by atoms with van der Waals surface area (Å²) >= 11 is 0. The molecule has 0 radical (unpaired) electrons. The zero-order valence-electron chi connectivity index (χ0n) is 14.1. The number of allylic oxidation sites excluding steroid dienone is 12. The van der Waals surface area contributed by atoms with Gasteiger partial charge in [-0.1, -0.05) is 40.0 Å². The maximum atomic E-state index is 3.21. The van der Waals surface area contributed by atoms with E-state index in [0.29, 0.717) is 0 Å². The minimum absolute atomic E-state index is 0. The predicted octanol–water partition coefficient (Wildman–Crippen LogP) is 6.26. The van der Waals surface area contributed by atoms with Crippen molar-refractivity contribution in [3.05, 3.63) is 71.4 Å². The molecule has 0 amide bonds. The van der Waals surface area contributed by atoms with E-state index in [0.717, 1.165) is 38.5 Å². The summed E-state index contributed by atoms with van der Waals surface area (Å²) in [6.07, 6.45) is 29.0. The van der Waals surface area contributed by atoms with Crippen LogP contribution in [0.5, 0.6) is 0 Å². The monoisotopic (exact) mass is 432 g/mol. The molecule has 118 valence electrons. The van der Waals surface area contributed by atoms with E-state index in [4.69, 9.17) is 0 Å². The zero-order chi connectivity index (χ0) is 15.3. The van der Waals surface area contributed by atoms with Crippen LogP contribution in [0.3, 0.4) is 0 Å². The third-order valence-electron chi connectivity index (χ3n) is 3.44. The van der Waals surface area contributed by atoms with Gasteiger partial charge >= 0.3 is 49.4 Å². The van der Waals surface area contributed by atoms with E-state index in [1.807, 2.05) is 0 Å². The first-order valence-electron chi connectivity index (χ1n) is 8.08. The molecule has 0 aromatic carbocycles. The van der Waals surface area contributed by atoms with Gasteiger partial charge in [0.25, 0.3) is 0 Å². The Balaban J connectivity index is 0.000000294. The average molecular weight is 431 g/mol. The minimum atomic E-state index is 0. The van der Waals surface area contributed by atoms with Gasteiger partial charge < -0.3 is 0 Å². The van der Waals surface area contributed by atoms with Crippen LogP contribution in [0.4, 0.5) is 0 Å². The normalized spacial score (nSPS) is 16.8. The second kappa shape index (κ2) is 14.6. The number of hydrogen-bond acceptors (Lipinski definition) is 0.